The summed E-state index contributed by atoms with van der Waals surface area (Å²) >= 11 is 0. The van der Waals surface area contributed by atoms with Gasteiger partial charge in [-0.3, -0.25) is 4.79 Å². The van der Waals surface area contributed by atoms with Gasteiger partial charge in [0, 0.05) is 0 Å². The molecule has 0 radical (unpaired) electrons. The molecule has 82 valence electrons. The number of ether oxygens (including phenoxy) is 1. The molecule has 1 aromatic rings. The van der Waals surface area contributed by atoms with Crippen molar-refractivity contribution >= 4 is 5.78 Å². The number of hydrogen-bond donors (Lipinski definition) is 0. The van der Waals surface area contributed by atoms with Crippen LogP contribution in [0.1, 0.15) is 42.3 Å². The minimum atomic E-state index is 0.0824. The summed E-state index contributed by atoms with van der Waals surface area (Å²) < 4.78 is 5.55. The Morgan fingerprint density at radius 3 is 2.47 bits per heavy atom. The van der Waals surface area contributed by atoms with Crippen molar-refractivity contribution < 1.29 is 9.53 Å². The minimum absolute atomic E-state index is 0.0824. The van der Waals surface area contributed by atoms with E-state index < -0.39 is 0 Å². The number of Topliss-reactive ketones (excluding diaryl/α,β-unsaturated/α-hetero) is 1. The Labute approximate surface area is 91.3 Å². The van der Waals surface area contributed by atoms with Gasteiger partial charge in [0.25, 0.3) is 0 Å². The lowest BCUT2D eigenvalue weighted by Gasteiger charge is -2.14. The molecule has 0 fully saturated rings. The number of aryl methyl sites for hydroxylation is 2. The molecule has 0 aliphatic heterocycles. The number of rotatable bonds is 4. The van der Waals surface area contributed by atoms with Gasteiger partial charge >= 0.3 is 0 Å². The van der Waals surface area contributed by atoms with Gasteiger partial charge in [-0.1, -0.05) is 19.1 Å². The van der Waals surface area contributed by atoms with Gasteiger partial charge in [-0.05, 0) is 38.3 Å². The van der Waals surface area contributed by atoms with Crippen molar-refractivity contribution in [3.63, 3.8) is 0 Å². The molecule has 0 heterocycles. The normalized spacial score (nSPS) is 10.1. The second-order valence-corrected chi connectivity index (χ2v) is 3.59. The number of hydrogen-bond acceptors (Lipinski definition) is 2. The van der Waals surface area contributed by atoms with Gasteiger partial charge in [0.1, 0.15) is 5.75 Å². The van der Waals surface area contributed by atoms with E-state index in [2.05, 4.69) is 0 Å². The second-order valence-electron chi connectivity index (χ2n) is 3.59. The molecule has 0 aliphatic carbocycles. The van der Waals surface area contributed by atoms with Crippen molar-refractivity contribution in [2.75, 3.05) is 6.61 Å². The van der Waals surface area contributed by atoms with Crippen molar-refractivity contribution in [3.05, 3.63) is 28.8 Å². The Morgan fingerprint density at radius 1 is 1.33 bits per heavy atom. The van der Waals surface area contributed by atoms with E-state index in [9.17, 15) is 4.79 Å². The van der Waals surface area contributed by atoms with E-state index in [1.54, 1.807) is 6.92 Å². The first-order valence-electron chi connectivity index (χ1n) is 5.38. The smallest absolute Gasteiger partial charge is 0.163 e. The molecule has 0 saturated heterocycles. The van der Waals surface area contributed by atoms with Crippen LogP contribution in [0, 0.1) is 6.92 Å². The topological polar surface area (TPSA) is 26.3 Å². The van der Waals surface area contributed by atoms with Crippen molar-refractivity contribution in [2.45, 2.75) is 34.1 Å². The average molecular weight is 206 g/mol. The molecule has 1 aromatic carbocycles. The fourth-order valence-electron chi connectivity index (χ4n) is 1.74. The van der Waals surface area contributed by atoms with E-state index in [1.165, 1.54) is 0 Å². The first-order chi connectivity index (χ1) is 7.11. The van der Waals surface area contributed by atoms with Crippen LogP contribution in [0.25, 0.3) is 0 Å². The van der Waals surface area contributed by atoms with Gasteiger partial charge in [0.2, 0.25) is 0 Å². The zero-order valence-electron chi connectivity index (χ0n) is 9.89. The van der Waals surface area contributed by atoms with Crippen LogP contribution in [0.3, 0.4) is 0 Å². The summed E-state index contributed by atoms with van der Waals surface area (Å²) in [5.74, 6) is 0.836. The van der Waals surface area contributed by atoms with Crippen LogP contribution in [0.4, 0.5) is 0 Å². The van der Waals surface area contributed by atoms with Crippen LogP contribution >= 0.6 is 0 Å². The van der Waals surface area contributed by atoms with E-state index in [0.717, 1.165) is 28.9 Å². The van der Waals surface area contributed by atoms with Crippen molar-refractivity contribution in [2.24, 2.45) is 0 Å². The van der Waals surface area contributed by atoms with Crippen LogP contribution in [0.5, 0.6) is 5.75 Å². The third-order valence-electron chi connectivity index (χ3n) is 2.46. The lowest BCUT2D eigenvalue weighted by Crippen LogP contribution is -2.06. The SMILES string of the molecule is CCOc1c(C)ccc(CC)c1C(C)=O. The van der Waals surface area contributed by atoms with Crippen LogP contribution < -0.4 is 4.74 Å². The Morgan fingerprint density at radius 2 is 2.00 bits per heavy atom. The highest BCUT2D eigenvalue weighted by atomic mass is 16.5. The maximum atomic E-state index is 11.6. The Balaban J connectivity index is 3.36. The largest absolute Gasteiger partial charge is 0.493 e. The summed E-state index contributed by atoms with van der Waals surface area (Å²) in [6, 6.07) is 4.02. The molecule has 0 N–H and O–H groups in total. The molecule has 0 aliphatic rings. The van der Waals surface area contributed by atoms with Gasteiger partial charge in [-0.25, -0.2) is 0 Å². The number of ketones is 1. The summed E-state index contributed by atoms with van der Waals surface area (Å²) in [6.45, 7) is 8.14. The average Bonchev–Trinajstić information content (AvgIpc) is 2.20. The Bertz CT molecular complexity index is 367. The monoisotopic (exact) mass is 206 g/mol. The predicted molar refractivity (Wildman–Crippen MR) is 61.7 cm³/mol. The fourth-order valence-corrected chi connectivity index (χ4v) is 1.74. The first-order valence-corrected chi connectivity index (χ1v) is 5.38. The minimum Gasteiger partial charge on any atom is -0.493 e. The van der Waals surface area contributed by atoms with Crippen molar-refractivity contribution in [1.82, 2.24) is 0 Å². The molecule has 1 rings (SSSR count). The van der Waals surface area contributed by atoms with Crippen LogP contribution in [0.15, 0.2) is 12.1 Å². The molecule has 0 atom stereocenters. The van der Waals surface area contributed by atoms with Gasteiger partial charge < -0.3 is 4.74 Å². The van der Waals surface area contributed by atoms with E-state index in [0.29, 0.717) is 6.61 Å². The van der Waals surface area contributed by atoms with Crippen molar-refractivity contribution in [1.29, 1.82) is 0 Å². The number of carbonyl (C=O) groups is 1. The van der Waals surface area contributed by atoms with Crippen molar-refractivity contribution in [3.8, 4) is 5.75 Å². The molecular formula is C13H18O2. The summed E-state index contributed by atoms with van der Waals surface area (Å²) in [7, 11) is 0. The Hall–Kier alpha value is -1.31. The van der Waals surface area contributed by atoms with Crippen LogP contribution in [-0.2, 0) is 6.42 Å². The lowest BCUT2D eigenvalue weighted by molar-refractivity contribution is 0.101. The van der Waals surface area contributed by atoms with Gasteiger partial charge in [0.05, 0.1) is 12.2 Å². The highest BCUT2D eigenvalue weighted by Crippen LogP contribution is 2.27. The molecule has 0 amide bonds. The molecule has 2 nitrogen and oxygen atoms in total. The molecule has 0 bridgehead atoms. The quantitative estimate of drug-likeness (QED) is 0.707. The molecular weight excluding hydrogens is 188 g/mol. The third kappa shape index (κ3) is 2.38. The predicted octanol–water partition coefficient (Wildman–Crippen LogP) is 3.16. The van der Waals surface area contributed by atoms with E-state index in [1.807, 2.05) is 32.9 Å². The van der Waals surface area contributed by atoms with E-state index >= 15 is 0 Å². The Kier molecular flexibility index (Phi) is 3.89. The van der Waals surface area contributed by atoms with E-state index in [4.69, 9.17) is 4.74 Å². The highest BCUT2D eigenvalue weighted by Gasteiger charge is 2.15. The second kappa shape index (κ2) is 4.96. The third-order valence-corrected chi connectivity index (χ3v) is 2.46. The molecule has 0 spiro atoms. The fraction of sp³-hybridized carbons (Fsp3) is 0.462. The van der Waals surface area contributed by atoms with E-state index in [-0.39, 0.29) is 5.78 Å². The van der Waals surface area contributed by atoms with Gasteiger partial charge in [-0.15, -0.1) is 0 Å². The lowest BCUT2D eigenvalue weighted by atomic mass is 9.98. The van der Waals surface area contributed by atoms with Crippen LogP contribution in [0.2, 0.25) is 0 Å². The van der Waals surface area contributed by atoms with Gasteiger partial charge in [0.15, 0.2) is 5.78 Å². The van der Waals surface area contributed by atoms with Crippen LogP contribution in [-0.4, -0.2) is 12.4 Å². The first kappa shape index (κ1) is 11.8. The molecule has 0 unspecified atom stereocenters. The maximum Gasteiger partial charge on any atom is 0.163 e. The zero-order valence-corrected chi connectivity index (χ0v) is 9.89. The zero-order chi connectivity index (χ0) is 11.4. The summed E-state index contributed by atoms with van der Waals surface area (Å²) in [4.78, 5) is 11.6. The standard InChI is InChI=1S/C13H18O2/c1-5-11-8-7-9(3)13(15-6-2)12(11)10(4)14/h7-8H,5-6H2,1-4H3. The maximum absolute atomic E-state index is 11.6. The summed E-state index contributed by atoms with van der Waals surface area (Å²) in [5, 5.41) is 0. The summed E-state index contributed by atoms with van der Waals surface area (Å²) in [6.07, 6.45) is 0.856. The molecule has 0 aromatic heterocycles. The number of benzene rings is 1. The molecule has 0 saturated carbocycles. The molecule has 2 heteroatoms. The molecule has 15 heavy (non-hydrogen) atoms. The van der Waals surface area contributed by atoms with Gasteiger partial charge in [-0.2, -0.15) is 0 Å². The number of carbonyl (C=O) groups excluding carboxylic acids is 1. The highest BCUT2D eigenvalue weighted by molar-refractivity contribution is 5.98. The summed E-state index contributed by atoms with van der Waals surface area (Å²) in [5.41, 5.74) is 2.84.